The molecule has 2 rings (SSSR count). The number of nitrogens with two attached hydrogens (primary N) is 1. The van der Waals surface area contributed by atoms with Crippen molar-refractivity contribution in [1.82, 2.24) is 9.78 Å². The quantitative estimate of drug-likeness (QED) is 0.864. The van der Waals surface area contributed by atoms with Crippen LogP contribution >= 0.6 is 11.6 Å². The third-order valence-corrected chi connectivity index (χ3v) is 4.50. The smallest absolute Gasteiger partial charge is 0.0847 e. The molecule has 0 aliphatic heterocycles. The number of hydrogen-bond acceptors (Lipinski definition) is 2. The summed E-state index contributed by atoms with van der Waals surface area (Å²) in [6.07, 6.45) is 3.36. The molecule has 90 valence electrons. The molecule has 4 heteroatoms. The lowest BCUT2D eigenvalue weighted by atomic mass is 9.91. The Kier molecular flexibility index (Phi) is 3.27. The molecule has 1 fully saturated rings. The Morgan fingerprint density at radius 1 is 1.50 bits per heavy atom. The third kappa shape index (κ3) is 1.98. The highest BCUT2D eigenvalue weighted by atomic mass is 35.5. The van der Waals surface area contributed by atoms with Crippen LogP contribution in [0.2, 0.25) is 5.02 Å². The predicted octanol–water partition coefficient (Wildman–Crippen LogP) is 2.30. The standard InChI is InChI=1S/C12H20ClN3/c1-7-9(4-5-10(7)14)6-11-12(13)8(2)15-16(11)3/h7,9-10H,4-6,14H2,1-3H3. The van der Waals surface area contributed by atoms with Gasteiger partial charge in [0.25, 0.3) is 0 Å². The molecular weight excluding hydrogens is 222 g/mol. The summed E-state index contributed by atoms with van der Waals surface area (Å²) in [5, 5.41) is 5.18. The number of aryl methyl sites for hydroxylation is 2. The average Bonchev–Trinajstić information content (AvgIpc) is 2.66. The first-order valence-electron chi connectivity index (χ1n) is 5.94. The highest BCUT2D eigenvalue weighted by molar-refractivity contribution is 6.31. The normalized spacial score (nSPS) is 29.9. The van der Waals surface area contributed by atoms with Gasteiger partial charge < -0.3 is 5.73 Å². The molecule has 0 saturated heterocycles. The van der Waals surface area contributed by atoms with Crippen LogP contribution in [0.25, 0.3) is 0 Å². The third-order valence-electron chi connectivity index (χ3n) is 4.01. The minimum absolute atomic E-state index is 0.359. The van der Waals surface area contributed by atoms with Crippen molar-refractivity contribution in [3.05, 3.63) is 16.4 Å². The minimum Gasteiger partial charge on any atom is -0.327 e. The van der Waals surface area contributed by atoms with E-state index in [4.69, 9.17) is 17.3 Å². The monoisotopic (exact) mass is 241 g/mol. The Balaban J connectivity index is 2.15. The van der Waals surface area contributed by atoms with Crippen LogP contribution in [-0.2, 0) is 13.5 Å². The molecule has 0 spiro atoms. The van der Waals surface area contributed by atoms with E-state index in [9.17, 15) is 0 Å². The Hall–Kier alpha value is -0.540. The van der Waals surface area contributed by atoms with Gasteiger partial charge in [-0.3, -0.25) is 4.68 Å². The maximum absolute atomic E-state index is 6.26. The molecule has 3 nitrogen and oxygen atoms in total. The van der Waals surface area contributed by atoms with E-state index in [-0.39, 0.29) is 0 Å². The molecule has 0 aromatic carbocycles. The summed E-state index contributed by atoms with van der Waals surface area (Å²) in [6, 6.07) is 0.359. The fraction of sp³-hybridized carbons (Fsp3) is 0.750. The Morgan fingerprint density at radius 3 is 2.62 bits per heavy atom. The zero-order valence-corrected chi connectivity index (χ0v) is 11.0. The topological polar surface area (TPSA) is 43.8 Å². The van der Waals surface area contributed by atoms with E-state index in [2.05, 4.69) is 12.0 Å². The van der Waals surface area contributed by atoms with Gasteiger partial charge in [0.05, 0.1) is 16.4 Å². The Morgan fingerprint density at radius 2 is 2.19 bits per heavy atom. The summed E-state index contributed by atoms with van der Waals surface area (Å²) in [5.41, 5.74) is 8.13. The Bertz CT molecular complexity index is 386. The van der Waals surface area contributed by atoms with Gasteiger partial charge in [0.1, 0.15) is 0 Å². The van der Waals surface area contributed by atoms with Gasteiger partial charge in [0.15, 0.2) is 0 Å². The molecule has 3 unspecified atom stereocenters. The number of halogens is 1. The Labute approximate surface area is 102 Å². The van der Waals surface area contributed by atoms with Gasteiger partial charge in [-0.25, -0.2) is 0 Å². The van der Waals surface area contributed by atoms with E-state index in [0.717, 1.165) is 29.3 Å². The van der Waals surface area contributed by atoms with Crippen molar-refractivity contribution in [3.63, 3.8) is 0 Å². The molecule has 16 heavy (non-hydrogen) atoms. The highest BCUT2D eigenvalue weighted by Crippen LogP contribution is 2.34. The van der Waals surface area contributed by atoms with E-state index >= 15 is 0 Å². The molecule has 1 aromatic rings. The van der Waals surface area contributed by atoms with Crippen LogP contribution in [0.4, 0.5) is 0 Å². The van der Waals surface area contributed by atoms with Crippen molar-refractivity contribution in [2.24, 2.45) is 24.6 Å². The van der Waals surface area contributed by atoms with Gasteiger partial charge >= 0.3 is 0 Å². The molecule has 0 amide bonds. The van der Waals surface area contributed by atoms with E-state index in [1.807, 2.05) is 18.7 Å². The van der Waals surface area contributed by atoms with E-state index in [1.54, 1.807) is 0 Å². The molecule has 1 aromatic heterocycles. The second-order valence-electron chi connectivity index (χ2n) is 5.03. The average molecular weight is 242 g/mol. The number of rotatable bonds is 2. The fourth-order valence-electron chi connectivity index (χ4n) is 2.72. The lowest BCUT2D eigenvalue weighted by Crippen LogP contribution is -2.26. The minimum atomic E-state index is 0.359. The first kappa shape index (κ1) is 11.9. The first-order valence-corrected chi connectivity index (χ1v) is 6.32. The van der Waals surface area contributed by atoms with Gasteiger partial charge in [0, 0.05) is 13.1 Å². The zero-order chi connectivity index (χ0) is 11.9. The SMILES string of the molecule is Cc1nn(C)c(CC2CCC(N)C2C)c1Cl. The second kappa shape index (κ2) is 4.38. The first-order chi connectivity index (χ1) is 7.50. The zero-order valence-electron chi connectivity index (χ0n) is 10.2. The van der Waals surface area contributed by atoms with Gasteiger partial charge in [-0.1, -0.05) is 18.5 Å². The summed E-state index contributed by atoms with van der Waals surface area (Å²) in [4.78, 5) is 0. The summed E-state index contributed by atoms with van der Waals surface area (Å²) in [7, 11) is 1.97. The van der Waals surface area contributed by atoms with Crippen LogP contribution in [0, 0.1) is 18.8 Å². The molecule has 0 radical (unpaired) electrons. The molecule has 1 aliphatic rings. The number of nitrogens with zero attached hydrogens (tertiary/aromatic N) is 2. The lowest BCUT2D eigenvalue weighted by Gasteiger charge is -2.18. The van der Waals surface area contributed by atoms with Crippen molar-refractivity contribution in [1.29, 1.82) is 0 Å². The van der Waals surface area contributed by atoms with Crippen molar-refractivity contribution >= 4 is 11.6 Å². The van der Waals surface area contributed by atoms with Gasteiger partial charge in [-0.05, 0) is 38.0 Å². The van der Waals surface area contributed by atoms with Crippen molar-refractivity contribution in [3.8, 4) is 0 Å². The lowest BCUT2D eigenvalue weighted by molar-refractivity contribution is 0.383. The summed E-state index contributed by atoms with van der Waals surface area (Å²) in [6.45, 7) is 4.20. The van der Waals surface area contributed by atoms with Crippen molar-refractivity contribution in [2.45, 2.75) is 39.2 Å². The van der Waals surface area contributed by atoms with Crippen LogP contribution in [-0.4, -0.2) is 15.8 Å². The van der Waals surface area contributed by atoms with Crippen molar-refractivity contribution in [2.75, 3.05) is 0 Å². The van der Waals surface area contributed by atoms with Gasteiger partial charge in [-0.15, -0.1) is 0 Å². The highest BCUT2D eigenvalue weighted by Gasteiger charge is 2.31. The van der Waals surface area contributed by atoms with Crippen LogP contribution < -0.4 is 5.73 Å². The molecule has 3 atom stereocenters. The number of aromatic nitrogens is 2. The van der Waals surface area contributed by atoms with E-state index in [1.165, 1.54) is 6.42 Å². The fourth-order valence-corrected chi connectivity index (χ4v) is 2.96. The van der Waals surface area contributed by atoms with Crippen LogP contribution in [0.15, 0.2) is 0 Å². The van der Waals surface area contributed by atoms with Gasteiger partial charge in [0.2, 0.25) is 0 Å². The summed E-state index contributed by atoms with van der Waals surface area (Å²) >= 11 is 6.26. The molecule has 1 aliphatic carbocycles. The molecule has 0 bridgehead atoms. The maximum atomic E-state index is 6.26. The van der Waals surface area contributed by atoms with Crippen LogP contribution in [0.5, 0.6) is 0 Å². The molecule has 2 N–H and O–H groups in total. The largest absolute Gasteiger partial charge is 0.327 e. The molecule has 1 saturated carbocycles. The predicted molar refractivity (Wildman–Crippen MR) is 66.5 cm³/mol. The summed E-state index contributed by atoms with van der Waals surface area (Å²) < 4.78 is 1.91. The van der Waals surface area contributed by atoms with Crippen molar-refractivity contribution < 1.29 is 0 Å². The van der Waals surface area contributed by atoms with E-state index in [0.29, 0.717) is 17.9 Å². The number of hydrogen-bond donors (Lipinski definition) is 1. The van der Waals surface area contributed by atoms with Crippen LogP contribution in [0.1, 0.15) is 31.2 Å². The second-order valence-corrected chi connectivity index (χ2v) is 5.41. The summed E-state index contributed by atoms with van der Waals surface area (Å²) in [5.74, 6) is 1.24. The maximum Gasteiger partial charge on any atom is 0.0847 e. The molecule has 1 heterocycles. The van der Waals surface area contributed by atoms with E-state index < -0.39 is 0 Å². The van der Waals surface area contributed by atoms with Crippen LogP contribution in [0.3, 0.4) is 0 Å². The molecular formula is C12H20ClN3. The van der Waals surface area contributed by atoms with Gasteiger partial charge in [-0.2, -0.15) is 5.10 Å².